The van der Waals surface area contributed by atoms with Gasteiger partial charge in [-0.05, 0) is 19.3 Å². The lowest BCUT2D eigenvalue weighted by molar-refractivity contribution is -0.130. The van der Waals surface area contributed by atoms with Crippen molar-refractivity contribution >= 4 is 53.1 Å². The molecule has 1 aromatic rings. The van der Waals surface area contributed by atoms with Gasteiger partial charge in [0.2, 0.25) is 47.2 Å². The Morgan fingerprint density at radius 3 is 2.11 bits per heavy atom. The lowest BCUT2D eigenvalue weighted by atomic mass is 10.1. The van der Waals surface area contributed by atoms with Gasteiger partial charge in [0.25, 0.3) is 0 Å². The molecule has 7 amide bonds. The fourth-order valence-corrected chi connectivity index (χ4v) is 4.98. The first-order chi connectivity index (χ1) is 21.2. The van der Waals surface area contributed by atoms with Gasteiger partial charge in [-0.1, -0.05) is 6.92 Å². The number of nitrogens with one attached hydrogen (secondary N) is 6. The highest BCUT2D eigenvalue weighted by Crippen LogP contribution is 2.35. The third kappa shape index (κ3) is 14.2. The maximum atomic E-state index is 12.9. The van der Waals surface area contributed by atoms with Gasteiger partial charge in [-0.25, -0.2) is 0 Å². The standard InChI is InChI=1S/C27H44N8O9S/c1-5-21(38)30-10-7-6-8-17(32-15(2)36)26(43)34-19(24(28)41)14-45-20-12-23(40)35(27(20)44)11-9-22(39)31-13-18(25(42)29-4)33-16(3)37/h12,17-19,40,44H,5-11,13-14H2,1-4H3,(H2,28,41)(H,29,42)(H,30,38)(H,31,39)(H,32,36)(H,33,37)(H,34,43). The Hall–Kier alpha value is -4.48. The molecule has 0 aromatic carbocycles. The van der Waals surface area contributed by atoms with E-state index in [1.807, 2.05) is 0 Å². The van der Waals surface area contributed by atoms with Gasteiger partial charge in [0, 0.05) is 65.2 Å². The molecule has 0 saturated carbocycles. The molecule has 0 aliphatic heterocycles. The number of aromatic nitrogens is 1. The van der Waals surface area contributed by atoms with E-state index < -0.39 is 59.4 Å². The summed E-state index contributed by atoms with van der Waals surface area (Å²) in [5, 5.41) is 36.0. The number of rotatable bonds is 20. The summed E-state index contributed by atoms with van der Waals surface area (Å²) in [4.78, 5) is 83.7. The Labute approximate surface area is 265 Å². The summed E-state index contributed by atoms with van der Waals surface area (Å²) in [6, 6.07) is -1.92. The van der Waals surface area contributed by atoms with Crippen LogP contribution in [0.1, 0.15) is 52.9 Å². The first-order valence-electron chi connectivity index (χ1n) is 14.3. The van der Waals surface area contributed by atoms with E-state index in [0.717, 1.165) is 16.3 Å². The van der Waals surface area contributed by atoms with Gasteiger partial charge in [-0.15, -0.1) is 11.8 Å². The van der Waals surface area contributed by atoms with Crippen molar-refractivity contribution in [2.45, 2.75) is 82.4 Å². The second-order valence-corrected chi connectivity index (χ2v) is 11.1. The number of nitrogens with two attached hydrogens (primary N) is 1. The van der Waals surface area contributed by atoms with Crippen molar-refractivity contribution in [3.63, 3.8) is 0 Å². The van der Waals surface area contributed by atoms with Gasteiger partial charge in [0.05, 0.1) is 4.90 Å². The van der Waals surface area contributed by atoms with E-state index in [2.05, 4.69) is 31.9 Å². The summed E-state index contributed by atoms with van der Waals surface area (Å²) in [6.45, 7) is 4.30. The quantitative estimate of drug-likeness (QED) is 0.0546. The third-order valence-corrected chi connectivity index (χ3v) is 7.45. The summed E-state index contributed by atoms with van der Waals surface area (Å²) >= 11 is 0.916. The van der Waals surface area contributed by atoms with Crippen molar-refractivity contribution in [2.75, 3.05) is 25.9 Å². The number of likely N-dealkylation sites (N-methyl/N-ethyl adjacent to an activating group) is 1. The van der Waals surface area contributed by atoms with E-state index >= 15 is 0 Å². The largest absolute Gasteiger partial charge is 0.494 e. The molecule has 0 radical (unpaired) electrons. The van der Waals surface area contributed by atoms with Crippen LogP contribution in [0.2, 0.25) is 0 Å². The summed E-state index contributed by atoms with van der Waals surface area (Å²) < 4.78 is 1.06. The molecule has 0 fully saturated rings. The number of primary amides is 1. The van der Waals surface area contributed by atoms with E-state index in [9.17, 15) is 43.8 Å². The minimum atomic E-state index is -1.20. The maximum Gasteiger partial charge on any atom is 0.244 e. The zero-order valence-corrected chi connectivity index (χ0v) is 26.7. The molecule has 0 aliphatic carbocycles. The van der Waals surface area contributed by atoms with Gasteiger partial charge in [-0.2, -0.15) is 0 Å². The van der Waals surface area contributed by atoms with Crippen LogP contribution in [0.4, 0.5) is 0 Å². The minimum absolute atomic E-state index is 0.0967. The van der Waals surface area contributed by atoms with Crippen molar-refractivity contribution in [1.29, 1.82) is 0 Å². The van der Waals surface area contributed by atoms with Crippen LogP contribution in [0.15, 0.2) is 11.0 Å². The molecule has 45 heavy (non-hydrogen) atoms. The van der Waals surface area contributed by atoms with Crippen LogP contribution in [0.5, 0.6) is 11.8 Å². The predicted octanol–water partition coefficient (Wildman–Crippen LogP) is -2.08. The van der Waals surface area contributed by atoms with Gasteiger partial charge >= 0.3 is 0 Å². The molecule has 0 spiro atoms. The molecule has 10 N–H and O–H groups in total. The van der Waals surface area contributed by atoms with Crippen LogP contribution in [0.25, 0.3) is 0 Å². The SMILES string of the molecule is CCC(=O)NCCCCC(NC(C)=O)C(=O)NC(CSc1cc(O)n(CCC(=O)NCC(NC(C)=O)C(=O)NC)c1O)C(N)=O. The van der Waals surface area contributed by atoms with Gasteiger partial charge < -0.3 is 47.8 Å². The molecule has 0 saturated heterocycles. The lowest BCUT2D eigenvalue weighted by Gasteiger charge is -2.21. The van der Waals surface area contributed by atoms with Gasteiger partial charge in [-0.3, -0.25) is 38.1 Å². The number of carbonyl (C=O) groups excluding carboxylic acids is 7. The normalized spacial score (nSPS) is 12.6. The topological polar surface area (TPSA) is 263 Å². The smallest absolute Gasteiger partial charge is 0.244 e. The van der Waals surface area contributed by atoms with Crippen LogP contribution >= 0.6 is 11.8 Å². The maximum absolute atomic E-state index is 12.9. The summed E-state index contributed by atoms with van der Waals surface area (Å²) in [5.74, 6) is -4.43. The zero-order chi connectivity index (χ0) is 34.1. The molecule has 1 heterocycles. The second-order valence-electron chi connectivity index (χ2n) is 9.99. The average molecular weight is 657 g/mol. The summed E-state index contributed by atoms with van der Waals surface area (Å²) in [7, 11) is 1.38. The van der Waals surface area contributed by atoms with Crippen LogP contribution in [0, 0.1) is 0 Å². The number of aromatic hydroxyl groups is 2. The number of hydrogen-bond donors (Lipinski definition) is 9. The van der Waals surface area contributed by atoms with E-state index in [-0.39, 0.29) is 48.4 Å². The fraction of sp³-hybridized carbons (Fsp3) is 0.593. The summed E-state index contributed by atoms with van der Waals surface area (Å²) in [5.41, 5.74) is 5.49. The Bertz CT molecular complexity index is 1220. The number of carbonyl (C=O) groups is 7. The molecule has 3 unspecified atom stereocenters. The highest BCUT2D eigenvalue weighted by atomic mass is 32.2. The van der Waals surface area contributed by atoms with Crippen molar-refractivity contribution in [2.24, 2.45) is 5.73 Å². The van der Waals surface area contributed by atoms with Crippen molar-refractivity contribution < 1.29 is 43.8 Å². The van der Waals surface area contributed by atoms with Crippen molar-refractivity contribution in [3.8, 4) is 11.8 Å². The Balaban J connectivity index is 2.76. The number of thioether (sulfide) groups is 1. The third-order valence-electron chi connectivity index (χ3n) is 6.34. The van der Waals surface area contributed by atoms with E-state index in [4.69, 9.17) is 5.73 Å². The van der Waals surface area contributed by atoms with E-state index in [1.165, 1.54) is 27.0 Å². The van der Waals surface area contributed by atoms with Crippen LogP contribution in [-0.2, 0) is 40.1 Å². The Morgan fingerprint density at radius 1 is 0.889 bits per heavy atom. The van der Waals surface area contributed by atoms with Crippen LogP contribution in [0.3, 0.4) is 0 Å². The molecule has 1 aromatic heterocycles. The molecule has 1 rings (SSSR count). The first-order valence-corrected chi connectivity index (χ1v) is 15.3. The highest BCUT2D eigenvalue weighted by molar-refractivity contribution is 7.99. The number of hydrogen-bond acceptors (Lipinski definition) is 10. The molecule has 18 heteroatoms. The fourth-order valence-electron chi connectivity index (χ4n) is 3.96. The van der Waals surface area contributed by atoms with Crippen molar-refractivity contribution in [1.82, 2.24) is 36.5 Å². The summed E-state index contributed by atoms with van der Waals surface area (Å²) in [6.07, 6.45) is 1.47. The van der Waals surface area contributed by atoms with E-state index in [1.54, 1.807) is 6.92 Å². The minimum Gasteiger partial charge on any atom is -0.494 e. The number of amides is 7. The monoisotopic (exact) mass is 656 g/mol. The number of nitrogens with zero attached hydrogens (tertiary/aromatic N) is 1. The van der Waals surface area contributed by atoms with Crippen molar-refractivity contribution in [3.05, 3.63) is 6.07 Å². The van der Waals surface area contributed by atoms with Crippen LogP contribution < -0.4 is 37.6 Å². The van der Waals surface area contributed by atoms with Gasteiger partial charge in [0.1, 0.15) is 18.1 Å². The molecule has 0 bridgehead atoms. The van der Waals surface area contributed by atoms with Gasteiger partial charge in [0.15, 0.2) is 5.88 Å². The predicted molar refractivity (Wildman–Crippen MR) is 164 cm³/mol. The molecule has 3 atom stereocenters. The Morgan fingerprint density at radius 2 is 1.53 bits per heavy atom. The molecular weight excluding hydrogens is 612 g/mol. The van der Waals surface area contributed by atoms with Crippen LogP contribution in [-0.4, -0.2) is 100 Å². The highest BCUT2D eigenvalue weighted by Gasteiger charge is 2.26. The molecule has 0 aliphatic rings. The molecular formula is C27H44N8O9S. The molecule has 252 valence electrons. The Kier molecular flexibility index (Phi) is 16.9. The zero-order valence-electron chi connectivity index (χ0n) is 25.9. The first kappa shape index (κ1) is 38.5. The number of unbranched alkanes of at least 4 members (excludes halogenated alkanes) is 1. The van der Waals surface area contributed by atoms with E-state index in [0.29, 0.717) is 25.8 Å². The second kappa shape index (κ2) is 19.7. The lowest BCUT2D eigenvalue weighted by Crippen LogP contribution is -2.53. The average Bonchev–Trinajstić information content (AvgIpc) is 3.25. The molecule has 17 nitrogen and oxygen atoms in total.